The molecule has 0 amide bonds. The lowest BCUT2D eigenvalue weighted by Crippen LogP contribution is -2.39. The molecule has 2 aromatic carbocycles. The average Bonchev–Trinajstić information content (AvgIpc) is 3.37. The molecule has 160 valence electrons. The molecule has 1 spiro atoms. The summed E-state index contributed by atoms with van der Waals surface area (Å²) in [4.78, 5) is 0. The van der Waals surface area contributed by atoms with Crippen molar-refractivity contribution in [1.82, 2.24) is 10.6 Å². The normalized spacial score (nSPS) is 30.5. The summed E-state index contributed by atoms with van der Waals surface area (Å²) in [6.45, 7) is 2.59. The zero-order valence-corrected chi connectivity index (χ0v) is 17.3. The molecule has 1 heterocycles. The van der Waals surface area contributed by atoms with Crippen LogP contribution in [-0.4, -0.2) is 25.2 Å². The minimum Gasteiger partial charge on any atom is -0.486 e. The van der Waals surface area contributed by atoms with E-state index < -0.39 is 11.6 Å². The third-order valence-electron chi connectivity index (χ3n) is 7.28. The van der Waals surface area contributed by atoms with Gasteiger partial charge in [-0.25, -0.2) is 8.78 Å². The maximum absolute atomic E-state index is 14.6. The Kier molecular flexibility index (Phi) is 5.50. The second-order valence-corrected chi connectivity index (χ2v) is 9.40. The molecule has 5 rings (SSSR count). The van der Waals surface area contributed by atoms with E-state index in [0.717, 1.165) is 31.1 Å². The molecule has 2 aliphatic carbocycles. The van der Waals surface area contributed by atoms with E-state index in [1.54, 1.807) is 0 Å². The van der Waals surface area contributed by atoms with Gasteiger partial charge in [-0.1, -0.05) is 30.3 Å². The summed E-state index contributed by atoms with van der Waals surface area (Å²) in [6.07, 6.45) is 7.15. The van der Waals surface area contributed by atoms with Gasteiger partial charge in [0, 0.05) is 36.2 Å². The van der Waals surface area contributed by atoms with Crippen molar-refractivity contribution >= 4 is 0 Å². The number of nitrogens with one attached hydrogen (secondary N) is 2. The molecule has 0 unspecified atom stereocenters. The molecule has 30 heavy (non-hydrogen) atoms. The Balaban J connectivity index is 1.22. The van der Waals surface area contributed by atoms with Crippen LogP contribution in [0.15, 0.2) is 42.5 Å². The fourth-order valence-corrected chi connectivity index (χ4v) is 5.38. The van der Waals surface area contributed by atoms with Crippen LogP contribution in [0.25, 0.3) is 0 Å². The molecule has 3 nitrogen and oxygen atoms in total. The van der Waals surface area contributed by atoms with Crippen LogP contribution in [0.5, 0.6) is 5.75 Å². The lowest BCUT2D eigenvalue weighted by atomic mass is 9.72. The van der Waals surface area contributed by atoms with Crippen LogP contribution in [0.2, 0.25) is 0 Å². The number of hydrogen-bond acceptors (Lipinski definition) is 3. The van der Waals surface area contributed by atoms with E-state index in [4.69, 9.17) is 4.74 Å². The van der Waals surface area contributed by atoms with E-state index in [2.05, 4.69) is 10.6 Å². The SMILES string of the molecule is Fc1cc(F)c(OCc2ccccc2)c([C@@H]2C[C@H]2NC2CCC3(CCNC3)CC2)c1. The molecule has 0 bridgehead atoms. The van der Waals surface area contributed by atoms with Crippen LogP contribution < -0.4 is 15.4 Å². The van der Waals surface area contributed by atoms with Gasteiger partial charge in [0.05, 0.1) is 0 Å². The van der Waals surface area contributed by atoms with Crippen LogP contribution in [0.3, 0.4) is 0 Å². The van der Waals surface area contributed by atoms with Gasteiger partial charge in [0.1, 0.15) is 12.4 Å². The highest BCUT2D eigenvalue weighted by Crippen LogP contribution is 2.48. The fourth-order valence-electron chi connectivity index (χ4n) is 5.38. The summed E-state index contributed by atoms with van der Waals surface area (Å²) >= 11 is 0. The lowest BCUT2D eigenvalue weighted by molar-refractivity contribution is 0.183. The number of hydrogen-bond donors (Lipinski definition) is 2. The number of ether oxygens (including phenoxy) is 1. The minimum atomic E-state index is -0.611. The first kappa shape index (κ1) is 20.0. The molecular formula is C25H30F2N2O. The Hall–Kier alpha value is -1.98. The second-order valence-electron chi connectivity index (χ2n) is 9.40. The van der Waals surface area contributed by atoms with Gasteiger partial charge >= 0.3 is 0 Å². The Labute approximate surface area is 177 Å². The van der Waals surface area contributed by atoms with Crippen molar-refractivity contribution in [2.24, 2.45) is 5.41 Å². The Morgan fingerprint density at radius 3 is 2.60 bits per heavy atom. The van der Waals surface area contributed by atoms with Crippen molar-refractivity contribution < 1.29 is 13.5 Å². The minimum absolute atomic E-state index is 0.116. The predicted octanol–water partition coefficient (Wildman–Crippen LogP) is 4.91. The fraction of sp³-hybridized carbons (Fsp3) is 0.520. The van der Waals surface area contributed by atoms with Gasteiger partial charge in [0.25, 0.3) is 0 Å². The van der Waals surface area contributed by atoms with Crippen molar-refractivity contribution in [2.45, 2.75) is 63.1 Å². The quantitative estimate of drug-likeness (QED) is 0.707. The van der Waals surface area contributed by atoms with E-state index in [0.29, 0.717) is 17.0 Å². The third kappa shape index (κ3) is 4.23. The van der Waals surface area contributed by atoms with Gasteiger partial charge in [-0.15, -0.1) is 0 Å². The molecule has 3 aliphatic rings. The smallest absolute Gasteiger partial charge is 0.168 e. The van der Waals surface area contributed by atoms with E-state index in [1.807, 2.05) is 30.3 Å². The summed E-state index contributed by atoms with van der Waals surface area (Å²) in [6, 6.07) is 12.8. The maximum atomic E-state index is 14.6. The first-order valence-electron chi connectivity index (χ1n) is 11.2. The topological polar surface area (TPSA) is 33.3 Å². The molecule has 2 aromatic rings. The molecule has 2 saturated carbocycles. The molecule has 3 fully saturated rings. The van der Waals surface area contributed by atoms with Crippen molar-refractivity contribution in [1.29, 1.82) is 0 Å². The molecule has 5 heteroatoms. The molecule has 1 aliphatic heterocycles. The van der Waals surface area contributed by atoms with Crippen LogP contribution in [-0.2, 0) is 6.61 Å². The van der Waals surface area contributed by atoms with Crippen molar-refractivity contribution in [2.75, 3.05) is 13.1 Å². The van der Waals surface area contributed by atoms with Gasteiger partial charge < -0.3 is 15.4 Å². The first-order valence-corrected chi connectivity index (χ1v) is 11.2. The van der Waals surface area contributed by atoms with Crippen LogP contribution >= 0.6 is 0 Å². The van der Waals surface area contributed by atoms with Gasteiger partial charge in [-0.2, -0.15) is 0 Å². The summed E-state index contributed by atoms with van der Waals surface area (Å²) in [7, 11) is 0. The zero-order valence-electron chi connectivity index (χ0n) is 17.3. The van der Waals surface area contributed by atoms with Gasteiger partial charge in [-0.05, 0) is 62.1 Å². The zero-order chi connectivity index (χ0) is 20.6. The highest BCUT2D eigenvalue weighted by molar-refractivity contribution is 5.42. The number of rotatable bonds is 6. The lowest BCUT2D eigenvalue weighted by Gasteiger charge is -2.37. The van der Waals surface area contributed by atoms with Gasteiger partial charge in [0.2, 0.25) is 0 Å². The van der Waals surface area contributed by atoms with Crippen LogP contribution in [0.1, 0.15) is 55.6 Å². The van der Waals surface area contributed by atoms with Gasteiger partial charge in [-0.3, -0.25) is 0 Å². The molecule has 2 atom stereocenters. The van der Waals surface area contributed by atoms with Crippen molar-refractivity contribution in [3.8, 4) is 5.75 Å². The number of halogens is 2. The monoisotopic (exact) mass is 412 g/mol. The summed E-state index contributed by atoms with van der Waals surface area (Å²) in [5.41, 5.74) is 2.15. The van der Waals surface area contributed by atoms with E-state index in [-0.39, 0.29) is 24.3 Å². The van der Waals surface area contributed by atoms with Gasteiger partial charge in [0.15, 0.2) is 11.6 Å². The maximum Gasteiger partial charge on any atom is 0.168 e. The van der Waals surface area contributed by atoms with E-state index in [9.17, 15) is 8.78 Å². The van der Waals surface area contributed by atoms with Crippen molar-refractivity contribution in [3.63, 3.8) is 0 Å². The summed E-state index contributed by atoms with van der Waals surface area (Å²) < 4.78 is 34.4. The van der Waals surface area contributed by atoms with Crippen LogP contribution in [0, 0.1) is 17.0 Å². The average molecular weight is 413 g/mol. The highest BCUT2D eigenvalue weighted by Gasteiger charge is 2.44. The predicted molar refractivity (Wildman–Crippen MR) is 114 cm³/mol. The Morgan fingerprint density at radius 2 is 1.87 bits per heavy atom. The third-order valence-corrected chi connectivity index (χ3v) is 7.28. The second kappa shape index (κ2) is 8.27. The molecular weight excluding hydrogens is 382 g/mol. The number of benzene rings is 2. The Bertz CT molecular complexity index is 872. The van der Waals surface area contributed by atoms with Crippen LogP contribution in [0.4, 0.5) is 8.78 Å². The van der Waals surface area contributed by atoms with E-state index in [1.165, 1.54) is 38.2 Å². The summed E-state index contributed by atoms with van der Waals surface area (Å²) in [5, 5.41) is 7.28. The molecule has 0 radical (unpaired) electrons. The largest absolute Gasteiger partial charge is 0.486 e. The molecule has 0 aromatic heterocycles. The molecule has 1 saturated heterocycles. The summed E-state index contributed by atoms with van der Waals surface area (Å²) in [5.74, 6) is -0.826. The highest BCUT2D eigenvalue weighted by atomic mass is 19.1. The standard InChI is InChI=1S/C25H30F2N2O/c26-18-12-21(24(22(27)13-18)30-15-17-4-2-1-3-5-17)20-14-23(20)29-19-6-8-25(9-7-19)10-11-28-16-25/h1-5,12-13,19-20,23,28-29H,6-11,14-16H2/t19?,20-,23+,25?/m0/s1. The Morgan fingerprint density at radius 1 is 1.07 bits per heavy atom. The molecule has 2 N–H and O–H groups in total. The first-order chi connectivity index (χ1) is 14.6. The van der Waals surface area contributed by atoms with Crippen molar-refractivity contribution in [3.05, 3.63) is 65.2 Å². The van der Waals surface area contributed by atoms with E-state index >= 15 is 0 Å².